The van der Waals surface area contributed by atoms with E-state index in [-0.39, 0.29) is 5.54 Å². The highest BCUT2D eigenvalue weighted by Gasteiger charge is 2.39. The van der Waals surface area contributed by atoms with Gasteiger partial charge in [0.1, 0.15) is 0 Å². The van der Waals surface area contributed by atoms with Gasteiger partial charge in [0, 0.05) is 12.1 Å². The molecule has 3 nitrogen and oxygen atoms in total. The van der Waals surface area contributed by atoms with Gasteiger partial charge in [-0.2, -0.15) is 0 Å². The van der Waals surface area contributed by atoms with Gasteiger partial charge < -0.3 is 15.5 Å². The molecule has 1 aliphatic rings. The van der Waals surface area contributed by atoms with Crippen molar-refractivity contribution in [3.63, 3.8) is 0 Å². The van der Waals surface area contributed by atoms with Gasteiger partial charge in [-0.15, -0.1) is 0 Å². The van der Waals surface area contributed by atoms with Crippen LogP contribution in [0.15, 0.2) is 0 Å². The lowest BCUT2D eigenvalue weighted by Gasteiger charge is -2.32. The Morgan fingerprint density at radius 1 is 1.00 bits per heavy atom. The highest BCUT2D eigenvalue weighted by Crippen LogP contribution is 2.38. The summed E-state index contributed by atoms with van der Waals surface area (Å²) in [6, 6.07) is 0. The topological polar surface area (TPSA) is 32.5 Å². The van der Waals surface area contributed by atoms with Gasteiger partial charge in [0.25, 0.3) is 0 Å². The summed E-state index contributed by atoms with van der Waals surface area (Å²) in [5.74, 6) is 0.773. The second-order valence-corrected chi connectivity index (χ2v) is 6.03. The van der Waals surface area contributed by atoms with E-state index in [9.17, 15) is 0 Å². The maximum absolute atomic E-state index is 6.43. The summed E-state index contributed by atoms with van der Waals surface area (Å²) in [4.78, 5) is 5.03. The fraction of sp³-hybridized carbons (Fsp3) is 1.00. The van der Waals surface area contributed by atoms with Crippen molar-refractivity contribution in [1.29, 1.82) is 0 Å². The van der Waals surface area contributed by atoms with Gasteiger partial charge in [0.15, 0.2) is 0 Å². The summed E-state index contributed by atoms with van der Waals surface area (Å²) in [6.07, 6.45) is 3.93. The van der Waals surface area contributed by atoms with Crippen LogP contribution < -0.4 is 5.73 Å². The smallest absolute Gasteiger partial charge is 0.0283 e. The third-order valence-corrected chi connectivity index (χ3v) is 4.36. The lowest BCUT2D eigenvalue weighted by atomic mass is 9.96. The minimum atomic E-state index is 0.0329. The second kappa shape index (κ2) is 7.46. The van der Waals surface area contributed by atoms with Gasteiger partial charge in [0.2, 0.25) is 0 Å². The van der Waals surface area contributed by atoms with Crippen molar-refractivity contribution in [1.82, 2.24) is 9.80 Å². The summed E-state index contributed by atoms with van der Waals surface area (Å²) < 4.78 is 0. The van der Waals surface area contributed by atoms with Gasteiger partial charge in [0.05, 0.1) is 0 Å². The molecule has 2 N–H and O–H groups in total. The van der Waals surface area contributed by atoms with Crippen LogP contribution in [-0.2, 0) is 0 Å². The van der Waals surface area contributed by atoms with E-state index in [0.717, 1.165) is 19.0 Å². The molecule has 0 aromatic carbocycles. The molecule has 1 rings (SSSR count). The van der Waals surface area contributed by atoms with Gasteiger partial charge in [-0.1, -0.05) is 20.8 Å². The number of likely N-dealkylation sites (N-methyl/N-ethyl adjacent to an activating group) is 1. The summed E-state index contributed by atoms with van der Waals surface area (Å²) in [6.45, 7) is 15.9. The maximum Gasteiger partial charge on any atom is 0.0283 e. The van der Waals surface area contributed by atoms with E-state index in [0.29, 0.717) is 0 Å². The lowest BCUT2D eigenvalue weighted by molar-refractivity contribution is 0.195. The predicted molar refractivity (Wildman–Crippen MR) is 79.8 cm³/mol. The molecule has 0 saturated heterocycles. The molecule has 0 radical (unpaired) electrons. The molecule has 3 heteroatoms. The van der Waals surface area contributed by atoms with Gasteiger partial charge in [-0.3, -0.25) is 0 Å². The highest BCUT2D eigenvalue weighted by atomic mass is 15.2. The van der Waals surface area contributed by atoms with Crippen molar-refractivity contribution in [2.24, 2.45) is 11.7 Å². The van der Waals surface area contributed by atoms with Crippen molar-refractivity contribution in [3.05, 3.63) is 0 Å². The van der Waals surface area contributed by atoms with Gasteiger partial charge >= 0.3 is 0 Å². The molecule has 1 saturated carbocycles. The summed E-state index contributed by atoms with van der Waals surface area (Å²) in [5.41, 5.74) is 6.46. The lowest BCUT2D eigenvalue weighted by Crippen LogP contribution is -2.50. The number of nitrogens with zero attached hydrogens (tertiary/aromatic N) is 2. The number of nitrogens with two attached hydrogens (primary N) is 1. The Morgan fingerprint density at radius 2 is 1.50 bits per heavy atom. The van der Waals surface area contributed by atoms with Crippen LogP contribution in [0.4, 0.5) is 0 Å². The van der Waals surface area contributed by atoms with Crippen LogP contribution in [0.3, 0.4) is 0 Å². The van der Waals surface area contributed by atoms with E-state index in [1.807, 2.05) is 0 Å². The quantitative estimate of drug-likeness (QED) is 0.649. The van der Waals surface area contributed by atoms with Crippen LogP contribution in [0.5, 0.6) is 0 Å². The molecule has 0 spiro atoms. The first-order valence-corrected chi connectivity index (χ1v) is 7.77. The summed E-state index contributed by atoms with van der Waals surface area (Å²) in [5, 5.41) is 0. The van der Waals surface area contributed by atoms with Gasteiger partial charge in [-0.25, -0.2) is 0 Å². The first kappa shape index (κ1) is 15.9. The van der Waals surface area contributed by atoms with Crippen molar-refractivity contribution in [2.45, 2.75) is 52.5 Å². The Bertz CT molecular complexity index is 220. The Labute approximate surface area is 114 Å². The van der Waals surface area contributed by atoms with E-state index in [4.69, 9.17) is 5.73 Å². The summed E-state index contributed by atoms with van der Waals surface area (Å²) in [7, 11) is 0. The Kier molecular flexibility index (Phi) is 6.61. The Hall–Kier alpha value is -0.120. The SMILES string of the molecule is CCN(CC)CCCN(CC)CC(C)(N)C1CC1. The van der Waals surface area contributed by atoms with Crippen LogP contribution in [0.2, 0.25) is 0 Å². The fourth-order valence-electron chi connectivity index (χ4n) is 2.76. The largest absolute Gasteiger partial charge is 0.324 e. The molecule has 0 aromatic heterocycles. The Balaban J connectivity index is 2.24. The van der Waals surface area contributed by atoms with Crippen molar-refractivity contribution in [3.8, 4) is 0 Å². The summed E-state index contributed by atoms with van der Waals surface area (Å²) >= 11 is 0. The highest BCUT2D eigenvalue weighted by molar-refractivity contribution is 4.97. The average Bonchev–Trinajstić information content (AvgIpc) is 3.17. The van der Waals surface area contributed by atoms with Crippen molar-refractivity contribution < 1.29 is 0 Å². The molecule has 18 heavy (non-hydrogen) atoms. The van der Waals surface area contributed by atoms with Crippen LogP contribution >= 0.6 is 0 Å². The van der Waals surface area contributed by atoms with Crippen LogP contribution in [0.25, 0.3) is 0 Å². The van der Waals surface area contributed by atoms with Crippen molar-refractivity contribution >= 4 is 0 Å². The second-order valence-electron chi connectivity index (χ2n) is 6.03. The molecule has 1 aliphatic carbocycles. The monoisotopic (exact) mass is 255 g/mol. The minimum Gasteiger partial charge on any atom is -0.324 e. The van der Waals surface area contributed by atoms with Gasteiger partial charge in [-0.05, 0) is 64.8 Å². The number of hydrogen-bond donors (Lipinski definition) is 1. The number of rotatable bonds is 10. The normalized spacial score (nSPS) is 19.5. The predicted octanol–water partition coefficient (Wildman–Crippen LogP) is 2.17. The molecule has 0 aromatic rings. The van der Waals surface area contributed by atoms with Crippen LogP contribution in [0.1, 0.15) is 47.0 Å². The molecular weight excluding hydrogens is 222 g/mol. The van der Waals surface area contributed by atoms with E-state index < -0.39 is 0 Å². The third-order valence-electron chi connectivity index (χ3n) is 4.36. The minimum absolute atomic E-state index is 0.0329. The molecule has 1 atom stereocenters. The van der Waals surface area contributed by atoms with Crippen LogP contribution in [-0.4, -0.2) is 54.6 Å². The fourth-order valence-corrected chi connectivity index (χ4v) is 2.76. The van der Waals surface area contributed by atoms with Crippen LogP contribution in [0, 0.1) is 5.92 Å². The maximum atomic E-state index is 6.43. The first-order chi connectivity index (χ1) is 8.53. The third kappa shape index (κ3) is 5.25. The molecular formula is C15H33N3. The molecule has 0 heterocycles. The zero-order valence-corrected chi connectivity index (χ0v) is 12.9. The molecule has 0 aliphatic heterocycles. The average molecular weight is 255 g/mol. The molecule has 108 valence electrons. The zero-order valence-electron chi connectivity index (χ0n) is 12.9. The van der Waals surface area contributed by atoms with Crippen molar-refractivity contribution in [2.75, 3.05) is 39.3 Å². The molecule has 0 amide bonds. The van der Waals surface area contributed by atoms with E-state index in [1.165, 1.54) is 45.4 Å². The molecule has 0 bridgehead atoms. The molecule has 1 unspecified atom stereocenters. The molecule has 1 fully saturated rings. The number of hydrogen-bond acceptors (Lipinski definition) is 3. The zero-order chi connectivity index (χ0) is 13.6. The van der Waals surface area contributed by atoms with E-state index in [2.05, 4.69) is 37.5 Å². The van der Waals surface area contributed by atoms with E-state index in [1.54, 1.807) is 0 Å². The Morgan fingerprint density at radius 3 is 1.94 bits per heavy atom. The standard InChI is InChI=1S/C15H33N3/c1-5-17(6-2)11-8-12-18(7-3)13-15(4,16)14-9-10-14/h14H,5-13,16H2,1-4H3. The first-order valence-electron chi connectivity index (χ1n) is 7.77. The van der Waals surface area contributed by atoms with E-state index >= 15 is 0 Å².